The first-order valence-electron chi connectivity index (χ1n) is 2.35. The molecular formula is C4H4N2O4. The van der Waals surface area contributed by atoms with Crippen molar-refractivity contribution in [1.29, 1.82) is 0 Å². The molecule has 0 spiro atoms. The molecule has 1 aromatic heterocycles. The predicted molar refractivity (Wildman–Crippen MR) is 29.4 cm³/mol. The molecule has 0 atom stereocenters. The lowest BCUT2D eigenvalue weighted by Crippen LogP contribution is -2.22. The van der Waals surface area contributed by atoms with Crippen LogP contribution in [0.25, 0.3) is 0 Å². The number of nitrogens with one attached hydrogen (secondary N) is 1. The van der Waals surface area contributed by atoms with E-state index in [4.69, 9.17) is 5.11 Å². The van der Waals surface area contributed by atoms with Gasteiger partial charge in [-0.05, 0) is 0 Å². The molecule has 0 bridgehead atoms. The number of aromatic amines is 1. The van der Waals surface area contributed by atoms with Crippen LogP contribution < -0.4 is 10.5 Å². The number of carbonyl (C=O) groups excluding carboxylic acids is 1. The molecule has 0 saturated carbocycles. The normalized spacial score (nSPS) is 9.20. The highest BCUT2D eigenvalue weighted by atomic mass is 16.7. The third kappa shape index (κ3) is 0.993. The van der Waals surface area contributed by atoms with E-state index < -0.39 is 5.69 Å². The number of rotatable bonds is 2. The molecule has 0 aliphatic heterocycles. The van der Waals surface area contributed by atoms with Gasteiger partial charge in [-0.2, -0.15) is 0 Å². The molecule has 6 heteroatoms. The highest BCUT2D eigenvalue weighted by Crippen LogP contribution is 1.94. The summed E-state index contributed by atoms with van der Waals surface area (Å²) in [6.45, 7) is 0.0781. The molecule has 0 aliphatic carbocycles. The van der Waals surface area contributed by atoms with Gasteiger partial charge >= 0.3 is 12.2 Å². The fourth-order valence-electron chi connectivity index (χ4n) is 0.491. The largest absolute Gasteiger partial charge is 0.493 e. The molecule has 0 radical (unpaired) electrons. The average Bonchev–Trinajstić information content (AvgIpc) is 2.13. The van der Waals surface area contributed by atoms with Crippen LogP contribution in [-0.2, 0) is 4.79 Å². The van der Waals surface area contributed by atoms with Gasteiger partial charge in [-0.15, -0.1) is 4.73 Å². The van der Waals surface area contributed by atoms with Crippen molar-refractivity contribution in [3.05, 3.63) is 16.7 Å². The second-order valence-corrected chi connectivity index (χ2v) is 1.47. The standard InChI is InChI=1S/C4H4N2O4/c7-2-10-6-1-3(8)5-4(6)9/h1-2,8H,(H,5,9). The van der Waals surface area contributed by atoms with Gasteiger partial charge in [-0.3, -0.25) is 9.78 Å². The molecule has 0 saturated heterocycles. The van der Waals surface area contributed by atoms with Gasteiger partial charge < -0.3 is 9.94 Å². The van der Waals surface area contributed by atoms with Crippen molar-refractivity contribution in [1.82, 2.24) is 9.71 Å². The number of hydrogen-bond acceptors (Lipinski definition) is 4. The summed E-state index contributed by atoms with van der Waals surface area (Å²) in [6, 6.07) is 0. The Balaban J connectivity index is 3.03. The minimum absolute atomic E-state index is 0.0781. The Morgan fingerprint density at radius 2 is 2.50 bits per heavy atom. The number of aromatic hydroxyl groups is 1. The van der Waals surface area contributed by atoms with E-state index >= 15 is 0 Å². The van der Waals surface area contributed by atoms with Gasteiger partial charge in [0.1, 0.15) is 6.20 Å². The number of aromatic nitrogens is 2. The molecule has 6 nitrogen and oxygen atoms in total. The van der Waals surface area contributed by atoms with Crippen LogP contribution in [0.4, 0.5) is 0 Å². The van der Waals surface area contributed by atoms with E-state index in [-0.39, 0.29) is 12.4 Å². The molecule has 1 rings (SSSR count). The van der Waals surface area contributed by atoms with Gasteiger partial charge in [0.15, 0.2) is 0 Å². The lowest BCUT2D eigenvalue weighted by Gasteiger charge is -1.89. The number of hydrogen-bond donors (Lipinski definition) is 2. The van der Waals surface area contributed by atoms with Crippen molar-refractivity contribution >= 4 is 6.47 Å². The van der Waals surface area contributed by atoms with E-state index in [1.807, 2.05) is 4.98 Å². The lowest BCUT2D eigenvalue weighted by molar-refractivity contribution is -0.129. The Kier molecular flexibility index (Phi) is 1.44. The van der Waals surface area contributed by atoms with E-state index in [2.05, 4.69) is 4.84 Å². The second kappa shape index (κ2) is 2.26. The highest BCUT2D eigenvalue weighted by molar-refractivity contribution is 5.37. The zero-order valence-corrected chi connectivity index (χ0v) is 4.77. The summed E-state index contributed by atoms with van der Waals surface area (Å²) in [5.41, 5.74) is -0.704. The van der Waals surface area contributed by atoms with Gasteiger partial charge in [0.05, 0.1) is 0 Å². The zero-order valence-electron chi connectivity index (χ0n) is 4.77. The molecule has 1 aromatic rings. The Bertz CT molecular complexity index is 286. The number of nitrogens with zero attached hydrogens (tertiary/aromatic N) is 1. The summed E-state index contributed by atoms with van der Waals surface area (Å²) in [6.07, 6.45) is 0.941. The Hall–Kier alpha value is -1.72. The first-order chi connectivity index (χ1) is 4.74. The van der Waals surface area contributed by atoms with Gasteiger partial charge in [0.2, 0.25) is 5.88 Å². The topological polar surface area (TPSA) is 84.3 Å². The predicted octanol–water partition coefficient (Wildman–Crippen LogP) is -1.53. The SMILES string of the molecule is O=COn1cc(O)[nH]c1=O. The van der Waals surface area contributed by atoms with Crippen molar-refractivity contribution in [2.75, 3.05) is 0 Å². The smallest absolute Gasteiger partial charge is 0.361 e. The highest BCUT2D eigenvalue weighted by Gasteiger charge is 1.99. The molecule has 0 aliphatic rings. The first-order valence-corrected chi connectivity index (χ1v) is 2.35. The quantitative estimate of drug-likeness (QED) is 0.493. The maximum Gasteiger partial charge on any atom is 0.361 e. The molecule has 0 aromatic carbocycles. The summed E-state index contributed by atoms with van der Waals surface area (Å²) >= 11 is 0. The minimum atomic E-state index is -0.704. The third-order valence-corrected chi connectivity index (χ3v) is 0.831. The van der Waals surface area contributed by atoms with Crippen LogP contribution in [0, 0.1) is 0 Å². The summed E-state index contributed by atoms with van der Waals surface area (Å²) in [5, 5.41) is 8.59. The van der Waals surface area contributed by atoms with Crippen LogP contribution in [0.15, 0.2) is 11.0 Å². The van der Waals surface area contributed by atoms with Gasteiger partial charge in [-0.1, -0.05) is 0 Å². The van der Waals surface area contributed by atoms with Crippen molar-refractivity contribution < 1.29 is 14.7 Å². The molecule has 1 heterocycles. The van der Waals surface area contributed by atoms with E-state index in [9.17, 15) is 9.59 Å². The summed E-state index contributed by atoms with van der Waals surface area (Å²) in [5.74, 6) is -0.355. The maximum absolute atomic E-state index is 10.5. The van der Waals surface area contributed by atoms with Gasteiger partial charge in [-0.25, -0.2) is 4.79 Å². The molecule has 0 unspecified atom stereocenters. The summed E-state index contributed by atoms with van der Waals surface area (Å²) in [7, 11) is 0. The molecular weight excluding hydrogens is 140 g/mol. The van der Waals surface area contributed by atoms with E-state index in [0.717, 1.165) is 6.20 Å². The lowest BCUT2D eigenvalue weighted by atomic mass is 10.9. The van der Waals surface area contributed by atoms with Gasteiger partial charge in [0.25, 0.3) is 0 Å². The minimum Gasteiger partial charge on any atom is -0.493 e. The fourth-order valence-corrected chi connectivity index (χ4v) is 0.491. The monoisotopic (exact) mass is 144 g/mol. The molecule has 54 valence electrons. The second-order valence-electron chi connectivity index (χ2n) is 1.47. The summed E-state index contributed by atoms with van der Waals surface area (Å²) in [4.78, 5) is 26.2. The van der Waals surface area contributed by atoms with Crippen molar-refractivity contribution in [3.8, 4) is 5.88 Å². The number of imidazole rings is 1. The zero-order chi connectivity index (χ0) is 7.56. The Morgan fingerprint density at radius 1 is 1.80 bits per heavy atom. The number of carbonyl (C=O) groups is 1. The Labute approximate surface area is 54.6 Å². The molecule has 0 amide bonds. The maximum atomic E-state index is 10.5. The third-order valence-electron chi connectivity index (χ3n) is 0.831. The van der Waals surface area contributed by atoms with Crippen LogP contribution in [-0.4, -0.2) is 21.3 Å². The molecule has 10 heavy (non-hydrogen) atoms. The van der Waals surface area contributed by atoms with Gasteiger partial charge in [0, 0.05) is 0 Å². The van der Waals surface area contributed by atoms with Crippen LogP contribution in [0.1, 0.15) is 0 Å². The van der Waals surface area contributed by atoms with Crippen LogP contribution >= 0.6 is 0 Å². The average molecular weight is 144 g/mol. The Morgan fingerprint density at radius 3 is 2.90 bits per heavy atom. The van der Waals surface area contributed by atoms with Crippen molar-refractivity contribution in [2.24, 2.45) is 0 Å². The summed E-state index contributed by atoms with van der Waals surface area (Å²) < 4.78 is 0.572. The number of H-pyrrole nitrogens is 1. The van der Waals surface area contributed by atoms with Crippen molar-refractivity contribution in [2.45, 2.75) is 0 Å². The molecule has 2 N–H and O–H groups in total. The fraction of sp³-hybridized carbons (Fsp3) is 0. The van der Waals surface area contributed by atoms with E-state index in [1.165, 1.54) is 0 Å². The van der Waals surface area contributed by atoms with Crippen LogP contribution in [0.3, 0.4) is 0 Å². The van der Waals surface area contributed by atoms with Crippen LogP contribution in [0.5, 0.6) is 5.88 Å². The first kappa shape index (κ1) is 6.40. The van der Waals surface area contributed by atoms with Crippen molar-refractivity contribution in [3.63, 3.8) is 0 Å². The van der Waals surface area contributed by atoms with Crippen LogP contribution in [0.2, 0.25) is 0 Å². The van der Waals surface area contributed by atoms with E-state index in [1.54, 1.807) is 0 Å². The van der Waals surface area contributed by atoms with E-state index in [0.29, 0.717) is 4.73 Å². The molecule has 0 fully saturated rings.